The van der Waals surface area contributed by atoms with E-state index in [9.17, 15) is 9.18 Å². The molecule has 6 heteroatoms. The predicted octanol–water partition coefficient (Wildman–Crippen LogP) is 4.46. The van der Waals surface area contributed by atoms with Crippen LogP contribution in [0.5, 0.6) is 0 Å². The molecule has 1 aromatic heterocycles. The summed E-state index contributed by atoms with van der Waals surface area (Å²) >= 11 is 7.33. The number of hydrogen-bond acceptors (Lipinski definition) is 3. The highest BCUT2D eigenvalue weighted by Gasteiger charge is 2.08. The average molecular weight is 375 g/mol. The number of rotatable bonds is 5. The van der Waals surface area contributed by atoms with Gasteiger partial charge in [-0.1, -0.05) is 47.6 Å². The van der Waals surface area contributed by atoms with Gasteiger partial charge in [0.1, 0.15) is 5.82 Å². The van der Waals surface area contributed by atoms with E-state index in [1.54, 1.807) is 12.1 Å². The molecule has 3 rings (SSSR count). The first-order valence-electron chi connectivity index (χ1n) is 7.69. The van der Waals surface area contributed by atoms with Gasteiger partial charge in [-0.05, 0) is 35.4 Å². The lowest BCUT2D eigenvalue weighted by Crippen LogP contribution is -2.18. The SMILES string of the molecule is Cn1cc(Cc2ccc(Cl)cc2)c(=O)nc1SCc1ccc(F)cc1. The molecule has 0 fully saturated rings. The summed E-state index contributed by atoms with van der Waals surface area (Å²) in [5.41, 5.74) is 2.39. The van der Waals surface area contributed by atoms with E-state index < -0.39 is 0 Å². The molecule has 0 amide bonds. The van der Waals surface area contributed by atoms with Crippen LogP contribution in [0, 0.1) is 5.82 Å². The Morgan fingerprint density at radius 3 is 2.40 bits per heavy atom. The molecule has 3 aromatic rings. The Morgan fingerprint density at radius 1 is 1.08 bits per heavy atom. The van der Waals surface area contributed by atoms with E-state index in [1.807, 2.05) is 42.1 Å². The zero-order valence-corrected chi connectivity index (χ0v) is 15.1. The van der Waals surface area contributed by atoms with Crippen LogP contribution < -0.4 is 5.56 Å². The van der Waals surface area contributed by atoms with E-state index in [2.05, 4.69) is 4.98 Å². The van der Waals surface area contributed by atoms with Gasteiger partial charge in [0, 0.05) is 36.0 Å². The number of halogens is 2. The molecule has 0 unspecified atom stereocenters. The molecule has 128 valence electrons. The Labute approximate surface area is 154 Å². The second-order valence-electron chi connectivity index (χ2n) is 5.68. The zero-order chi connectivity index (χ0) is 17.8. The predicted molar refractivity (Wildman–Crippen MR) is 99.7 cm³/mol. The van der Waals surface area contributed by atoms with Gasteiger partial charge in [-0.15, -0.1) is 0 Å². The number of aryl methyl sites for hydroxylation is 1. The van der Waals surface area contributed by atoms with Gasteiger partial charge in [-0.25, -0.2) is 4.39 Å². The van der Waals surface area contributed by atoms with Crippen LogP contribution in [-0.4, -0.2) is 9.55 Å². The number of aromatic nitrogens is 2. The van der Waals surface area contributed by atoms with E-state index in [1.165, 1.54) is 23.9 Å². The first kappa shape index (κ1) is 17.7. The molecule has 3 nitrogen and oxygen atoms in total. The van der Waals surface area contributed by atoms with Crippen molar-refractivity contribution < 1.29 is 4.39 Å². The third-order valence-electron chi connectivity index (χ3n) is 3.71. The Balaban J connectivity index is 1.74. The minimum Gasteiger partial charge on any atom is -0.330 e. The molecule has 0 bridgehead atoms. The van der Waals surface area contributed by atoms with Gasteiger partial charge in [0.25, 0.3) is 5.56 Å². The molecule has 0 aliphatic rings. The van der Waals surface area contributed by atoms with Gasteiger partial charge in [-0.2, -0.15) is 4.98 Å². The smallest absolute Gasteiger partial charge is 0.277 e. The number of thioether (sulfide) groups is 1. The molecular formula is C19H16ClFN2OS. The van der Waals surface area contributed by atoms with Crippen molar-refractivity contribution in [1.29, 1.82) is 0 Å². The maximum atomic E-state index is 12.9. The van der Waals surface area contributed by atoms with Crippen LogP contribution in [0.4, 0.5) is 4.39 Å². The van der Waals surface area contributed by atoms with Crippen molar-refractivity contribution in [1.82, 2.24) is 9.55 Å². The van der Waals surface area contributed by atoms with E-state index in [-0.39, 0.29) is 11.4 Å². The maximum Gasteiger partial charge on any atom is 0.277 e. The molecule has 0 aliphatic carbocycles. The molecule has 1 heterocycles. The van der Waals surface area contributed by atoms with E-state index >= 15 is 0 Å². The topological polar surface area (TPSA) is 34.9 Å². The van der Waals surface area contributed by atoms with Crippen LogP contribution in [0.2, 0.25) is 5.02 Å². The number of hydrogen-bond donors (Lipinski definition) is 0. The van der Waals surface area contributed by atoms with Crippen LogP contribution in [0.1, 0.15) is 16.7 Å². The molecule has 2 aromatic carbocycles. The lowest BCUT2D eigenvalue weighted by molar-refractivity contribution is 0.627. The minimum atomic E-state index is -0.258. The first-order chi connectivity index (χ1) is 12.0. The van der Waals surface area contributed by atoms with Gasteiger partial charge in [0.15, 0.2) is 5.16 Å². The Kier molecular flexibility index (Phi) is 5.56. The molecule has 0 saturated heterocycles. The molecule has 25 heavy (non-hydrogen) atoms. The second-order valence-corrected chi connectivity index (χ2v) is 7.06. The highest BCUT2D eigenvalue weighted by atomic mass is 35.5. The lowest BCUT2D eigenvalue weighted by atomic mass is 10.1. The summed E-state index contributed by atoms with van der Waals surface area (Å²) < 4.78 is 14.8. The van der Waals surface area contributed by atoms with Crippen LogP contribution >= 0.6 is 23.4 Å². The molecule has 0 spiro atoms. The summed E-state index contributed by atoms with van der Waals surface area (Å²) in [6.07, 6.45) is 2.33. The van der Waals surface area contributed by atoms with Gasteiger partial charge < -0.3 is 4.57 Å². The standard InChI is InChI=1S/C19H16ClFN2OS/c1-23-11-15(10-13-2-6-16(20)7-3-13)18(24)22-19(23)25-12-14-4-8-17(21)9-5-14/h2-9,11H,10,12H2,1H3. The molecule has 0 aliphatic heterocycles. The first-order valence-corrected chi connectivity index (χ1v) is 9.06. The molecule has 0 saturated carbocycles. The zero-order valence-electron chi connectivity index (χ0n) is 13.6. The van der Waals surface area contributed by atoms with Crippen molar-refractivity contribution in [2.75, 3.05) is 0 Å². The minimum absolute atomic E-state index is 0.227. The summed E-state index contributed by atoms with van der Waals surface area (Å²) in [5, 5.41) is 1.30. The quantitative estimate of drug-likeness (QED) is 0.488. The normalized spacial score (nSPS) is 10.8. The summed E-state index contributed by atoms with van der Waals surface area (Å²) in [4.78, 5) is 16.5. The van der Waals surface area contributed by atoms with Crippen LogP contribution in [0.3, 0.4) is 0 Å². The fraction of sp³-hybridized carbons (Fsp3) is 0.158. The summed E-state index contributed by atoms with van der Waals surface area (Å²) in [5.74, 6) is 0.364. The summed E-state index contributed by atoms with van der Waals surface area (Å²) in [6.45, 7) is 0. The molecule has 0 N–H and O–H groups in total. The largest absolute Gasteiger partial charge is 0.330 e. The van der Waals surface area contributed by atoms with Gasteiger partial charge in [-0.3, -0.25) is 4.79 Å². The van der Waals surface area contributed by atoms with Gasteiger partial charge in [0.2, 0.25) is 0 Å². The molecule has 0 radical (unpaired) electrons. The van der Waals surface area contributed by atoms with Crippen molar-refractivity contribution in [2.24, 2.45) is 7.05 Å². The maximum absolute atomic E-state index is 12.9. The molecule has 0 atom stereocenters. The second kappa shape index (κ2) is 7.85. The van der Waals surface area contributed by atoms with E-state index in [4.69, 9.17) is 11.6 Å². The van der Waals surface area contributed by atoms with Crippen molar-refractivity contribution in [3.05, 3.63) is 92.6 Å². The van der Waals surface area contributed by atoms with Crippen molar-refractivity contribution >= 4 is 23.4 Å². The van der Waals surface area contributed by atoms with Crippen molar-refractivity contribution in [3.63, 3.8) is 0 Å². The van der Waals surface area contributed by atoms with Crippen molar-refractivity contribution in [3.8, 4) is 0 Å². The molecular weight excluding hydrogens is 359 g/mol. The monoisotopic (exact) mass is 374 g/mol. The van der Waals surface area contributed by atoms with E-state index in [0.29, 0.717) is 27.9 Å². The Morgan fingerprint density at radius 2 is 1.72 bits per heavy atom. The van der Waals surface area contributed by atoms with Crippen molar-refractivity contribution in [2.45, 2.75) is 17.3 Å². The highest BCUT2D eigenvalue weighted by Crippen LogP contribution is 2.20. The average Bonchev–Trinajstić information content (AvgIpc) is 2.60. The lowest BCUT2D eigenvalue weighted by Gasteiger charge is -2.09. The van der Waals surface area contributed by atoms with Crippen LogP contribution in [0.25, 0.3) is 0 Å². The Bertz CT molecular complexity index is 924. The third-order valence-corrected chi connectivity index (χ3v) is 5.08. The fourth-order valence-corrected chi connectivity index (χ4v) is 3.41. The summed E-state index contributed by atoms with van der Waals surface area (Å²) in [7, 11) is 1.87. The Hall–Kier alpha value is -2.11. The fourth-order valence-electron chi connectivity index (χ4n) is 2.39. The third kappa shape index (κ3) is 4.71. The highest BCUT2D eigenvalue weighted by molar-refractivity contribution is 7.98. The van der Waals surface area contributed by atoms with Gasteiger partial charge in [0.05, 0.1) is 0 Å². The number of benzene rings is 2. The summed E-state index contributed by atoms with van der Waals surface area (Å²) in [6, 6.07) is 13.7. The number of nitrogens with zero attached hydrogens (tertiary/aromatic N) is 2. The van der Waals surface area contributed by atoms with Gasteiger partial charge >= 0.3 is 0 Å². The van der Waals surface area contributed by atoms with E-state index in [0.717, 1.165) is 11.1 Å². The van der Waals surface area contributed by atoms with Crippen LogP contribution in [0.15, 0.2) is 64.7 Å². The van der Waals surface area contributed by atoms with Crippen LogP contribution in [-0.2, 0) is 19.2 Å².